The number of aromatic nitrogens is 2. The molecule has 0 radical (unpaired) electrons. The molecule has 1 fully saturated rings. The normalized spacial score (nSPS) is 17.0. The van der Waals surface area contributed by atoms with Crippen LogP contribution in [0.15, 0.2) is 18.2 Å². The number of anilines is 1. The van der Waals surface area contributed by atoms with Crippen molar-refractivity contribution < 1.29 is 23.1 Å². The van der Waals surface area contributed by atoms with Crippen LogP contribution in [0.25, 0.3) is 11.3 Å². The fraction of sp³-hybridized carbons (Fsp3) is 0.450. The van der Waals surface area contributed by atoms with Gasteiger partial charge in [-0.15, -0.1) is 10.2 Å². The highest BCUT2D eigenvalue weighted by molar-refractivity contribution is 5.76. The third kappa shape index (κ3) is 4.99. The van der Waals surface area contributed by atoms with Gasteiger partial charge in [-0.25, -0.2) is 0 Å². The van der Waals surface area contributed by atoms with E-state index in [4.69, 9.17) is 5.73 Å². The topological polar surface area (TPSA) is 113 Å². The number of carbonyl (C=O) groups excluding carboxylic acids is 1. The van der Waals surface area contributed by atoms with E-state index in [1.165, 1.54) is 6.07 Å². The molecular weight excluding hydrogens is 399 g/mol. The lowest BCUT2D eigenvalue weighted by atomic mass is 9.97. The van der Waals surface area contributed by atoms with E-state index in [0.717, 1.165) is 32.0 Å². The Hall–Kier alpha value is -2.88. The molecule has 1 aliphatic heterocycles. The summed E-state index contributed by atoms with van der Waals surface area (Å²) in [4.78, 5) is 11.3. The van der Waals surface area contributed by atoms with E-state index in [1.54, 1.807) is 6.92 Å². The number of amides is 1. The second kappa shape index (κ2) is 8.86. The summed E-state index contributed by atoms with van der Waals surface area (Å²) < 4.78 is 38.7. The third-order valence-corrected chi connectivity index (χ3v) is 5.18. The summed E-state index contributed by atoms with van der Waals surface area (Å²) in [6.45, 7) is 3.45. The van der Waals surface area contributed by atoms with Crippen LogP contribution in [0, 0.1) is 6.92 Å². The smallest absolute Gasteiger partial charge is 0.416 e. The average Bonchev–Trinajstić information content (AvgIpc) is 2.68. The van der Waals surface area contributed by atoms with Crippen molar-refractivity contribution in [3.8, 4) is 17.0 Å². The monoisotopic (exact) mass is 423 g/mol. The maximum absolute atomic E-state index is 12.9. The van der Waals surface area contributed by atoms with Gasteiger partial charge in [0.05, 0.1) is 11.3 Å². The van der Waals surface area contributed by atoms with Gasteiger partial charge in [-0.1, -0.05) is 0 Å². The molecule has 5 N–H and O–H groups in total. The summed E-state index contributed by atoms with van der Waals surface area (Å²) in [5.41, 5.74) is 6.06. The summed E-state index contributed by atoms with van der Waals surface area (Å²) >= 11 is 0. The van der Waals surface area contributed by atoms with E-state index in [0.29, 0.717) is 29.4 Å². The Labute approximate surface area is 171 Å². The first-order valence-electron chi connectivity index (χ1n) is 9.69. The second-order valence-electron chi connectivity index (χ2n) is 7.38. The van der Waals surface area contributed by atoms with Gasteiger partial charge >= 0.3 is 6.18 Å². The zero-order chi connectivity index (χ0) is 21.9. The molecule has 162 valence electrons. The zero-order valence-corrected chi connectivity index (χ0v) is 16.5. The highest BCUT2D eigenvalue weighted by Crippen LogP contribution is 2.38. The van der Waals surface area contributed by atoms with Crippen molar-refractivity contribution in [3.05, 3.63) is 34.9 Å². The number of phenolic OH excluding ortho intramolecular Hbond substituents is 1. The molecule has 1 atom stereocenters. The lowest BCUT2D eigenvalue weighted by Gasteiger charge is -2.26. The molecule has 0 spiro atoms. The minimum Gasteiger partial charge on any atom is -0.507 e. The molecular formula is C20H24F3N5O2. The van der Waals surface area contributed by atoms with Crippen molar-refractivity contribution in [1.29, 1.82) is 0 Å². The first-order chi connectivity index (χ1) is 14.2. The first-order valence-corrected chi connectivity index (χ1v) is 9.69. The molecule has 30 heavy (non-hydrogen) atoms. The molecule has 1 amide bonds. The van der Waals surface area contributed by atoms with E-state index in [9.17, 15) is 23.1 Å². The van der Waals surface area contributed by atoms with Gasteiger partial charge in [0, 0.05) is 30.1 Å². The van der Waals surface area contributed by atoms with Gasteiger partial charge in [0.2, 0.25) is 5.91 Å². The highest BCUT2D eigenvalue weighted by Gasteiger charge is 2.31. The van der Waals surface area contributed by atoms with Crippen molar-refractivity contribution in [2.24, 2.45) is 5.73 Å². The highest BCUT2D eigenvalue weighted by atomic mass is 19.4. The van der Waals surface area contributed by atoms with Crippen molar-refractivity contribution in [3.63, 3.8) is 0 Å². The maximum atomic E-state index is 12.9. The number of benzene rings is 1. The number of nitrogens with zero attached hydrogens (tertiary/aromatic N) is 2. The molecule has 3 rings (SSSR count). The largest absolute Gasteiger partial charge is 0.507 e. The molecule has 10 heteroatoms. The number of aromatic hydroxyl groups is 1. The number of hydrogen-bond donors (Lipinski definition) is 4. The summed E-state index contributed by atoms with van der Waals surface area (Å²) in [5, 5.41) is 25.2. The molecule has 1 aromatic heterocycles. The van der Waals surface area contributed by atoms with Crippen LogP contribution in [0.1, 0.15) is 36.0 Å². The maximum Gasteiger partial charge on any atom is 0.416 e. The molecule has 7 nitrogen and oxygen atoms in total. The number of phenols is 1. The van der Waals surface area contributed by atoms with Crippen LogP contribution in [-0.2, 0) is 17.4 Å². The van der Waals surface area contributed by atoms with Crippen molar-refractivity contribution >= 4 is 11.7 Å². The molecule has 0 saturated carbocycles. The number of alkyl halides is 3. The van der Waals surface area contributed by atoms with E-state index < -0.39 is 23.4 Å². The van der Waals surface area contributed by atoms with Crippen LogP contribution in [0.2, 0.25) is 0 Å². The Balaban J connectivity index is 1.99. The second-order valence-corrected chi connectivity index (χ2v) is 7.38. The number of rotatable bonds is 6. The minimum atomic E-state index is -4.56. The van der Waals surface area contributed by atoms with Crippen molar-refractivity contribution in [2.75, 3.05) is 18.4 Å². The van der Waals surface area contributed by atoms with E-state index in [2.05, 4.69) is 20.8 Å². The molecule has 0 bridgehead atoms. The van der Waals surface area contributed by atoms with Gasteiger partial charge in [-0.2, -0.15) is 13.2 Å². The number of piperidine rings is 1. The lowest BCUT2D eigenvalue weighted by molar-refractivity contribution is -0.137. The number of carbonyl (C=O) groups is 1. The number of hydrogen-bond acceptors (Lipinski definition) is 6. The van der Waals surface area contributed by atoms with Gasteiger partial charge in [0.25, 0.3) is 0 Å². The Bertz CT molecular complexity index is 927. The quantitative estimate of drug-likeness (QED) is 0.568. The van der Waals surface area contributed by atoms with Crippen LogP contribution in [0.4, 0.5) is 19.0 Å². The van der Waals surface area contributed by atoms with Crippen LogP contribution in [0.3, 0.4) is 0 Å². The van der Waals surface area contributed by atoms with Crippen molar-refractivity contribution in [2.45, 2.75) is 44.8 Å². The minimum absolute atomic E-state index is 0.0859. The van der Waals surface area contributed by atoms with E-state index in [-0.39, 0.29) is 23.7 Å². The molecule has 1 aromatic carbocycles. The Morgan fingerprint density at radius 3 is 2.73 bits per heavy atom. The molecule has 2 aromatic rings. The van der Waals surface area contributed by atoms with Gasteiger partial charge in [-0.3, -0.25) is 4.79 Å². The van der Waals surface area contributed by atoms with Crippen LogP contribution >= 0.6 is 0 Å². The molecule has 1 aliphatic rings. The Kier molecular flexibility index (Phi) is 6.45. The lowest BCUT2D eigenvalue weighted by Crippen LogP contribution is -2.39. The van der Waals surface area contributed by atoms with Gasteiger partial charge in [0.15, 0.2) is 5.82 Å². The standard InChI is InChI=1S/C20H24F3N5O2/c1-11-14(6-7-17(24)30)19(26-13-3-2-8-25-10-13)28-27-18(11)15-5-4-12(9-16(15)29)20(21,22)23/h4-5,9,13,25,29H,2-3,6-8,10H2,1H3,(H2,24,30)(H,26,28)/t13-/m1/s1. The number of nitrogens with one attached hydrogen (secondary N) is 2. The number of halogens is 3. The summed E-state index contributed by atoms with van der Waals surface area (Å²) in [6.07, 6.45) is -2.22. The summed E-state index contributed by atoms with van der Waals surface area (Å²) in [7, 11) is 0. The number of nitrogens with two attached hydrogens (primary N) is 1. The van der Waals surface area contributed by atoms with Crippen LogP contribution in [0.5, 0.6) is 5.75 Å². The van der Waals surface area contributed by atoms with Gasteiger partial charge in [0.1, 0.15) is 5.75 Å². The third-order valence-electron chi connectivity index (χ3n) is 5.18. The Morgan fingerprint density at radius 2 is 2.13 bits per heavy atom. The molecule has 0 unspecified atom stereocenters. The molecule has 0 aliphatic carbocycles. The summed E-state index contributed by atoms with van der Waals surface area (Å²) in [6, 6.07) is 2.87. The predicted molar refractivity (Wildman–Crippen MR) is 106 cm³/mol. The fourth-order valence-electron chi connectivity index (χ4n) is 3.56. The fourth-order valence-corrected chi connectivity index (χ4v) is 3.56. The zero-order valence-electron chi connectivity index (χ0n) is 16.5. The summed E-state index contributed by atoms with van der Waals surface area (Å²) in [5.74, 6) is -0.506. The first kappa shape index (κ1) is 21.8. The van der Waals surface area contributed by atoms with Crippen LogP contribution < -0.4 is 16.4 Å². The number of primary amides is 1. The molecule has 1 saturated heterocycles. The van der Waals surface area contributed by atoms with Crippen molar-refractivity contribution in [1.82, 2.24) is 15.5 Å². The van der Waals surface area contributed by atoms with Crippen LogP contribution in [-0.4, -0.2) is 40.3 Å². The average molecular weight is 423 g/mol. The predicted octanol–water partition coefficient (Wildman–Crippen LogP) is 2.76. The van der Waals surface area contributed by atoms with Gasteiger partial charge in [-0.05, 0) is 56.5 Å². The molecule has 2 heterocycles. The van der Waals surface area contributed by atoms with Gasteiger partial charge < -0.3 is 21.5 Å². The van der Waals surface area contributed by atoms with E-state index in [1.807, 2.05) is 0 Å². The SMILES string of the molecule is Cc1c(-c2ccc(C(F)(F)F)cc2O)nnc(N[C@@H]2CCCNC2)c1CCC(N)=O. The Morgan fingerprint density at radius 1 is 1.37 bits per heavy atom. The van der Waals surface area contributed by atoms with E-state index >= 15 is 0 Å².